The van der Waals surface area contributed by atoms with Gasteiger partial charge in [-0.2, -0.15) is 5.26 Å². The van der Waals surface area contributed by atoms with E-state index in [1.807, 2.05) is 19.3 Å². The Morgan fingerprint density at radius 2 is 2.21 bits per heavy atom. The van der Waals surface area contributed by atoms with Gasteiger partial charge in [0.25, 0.3) is 0 Å². The van der Waals surface area contributed by atoms with Crippen LogP contribution in [0.2, 0.25) is 0 Å². The van der Waals surface area contributed by atoms with E-state index >= 15 is 0 Å². The molecule has 0 saturated heterocycles. The minimum Gasteiger partial charge on any atom is -0.350 e. The summed E-state index contributed by atoms with van der Waals surface area (Å²) < 4.78 is 2.09. The molecule has 2 heteroatoms. The molecule has 0 atom stereocenters. The first-order valence-electron chi connectivity index (χ1n) is 4.64. The fourth-order valence-corrected chi connectivity index (χ4v) is 1.98. The predicted molar refractivity (Wildman–Crippen MR) is 57.0 cm³/mol. The highest BCUT2D eigenvalue weighted by Gasteiger charge is 2.06. The summed E-state index contributed by atoms with van der Waals surface area (Å²) in [6.07, 6.45) is 2.53. The van der Waals surface area contributed by atoms with E-state index in [1.54, 1.807) is 0 Å². The number of nitrogens with zero attached hydrogens (tertiary/aromatic N) is 2. The first kappa shape index (κ1) is 8.83. The number of nitriles is 1. The van der Waals surface area contributed by atoms with Gasteiger partial charge >= 0.3 is 0 Å². The topological polar surface area (TPSA) is 28.7 Å². The van der Waals surface area contributed by atoms with Crippen molar-refractivity contribution < 1.29 is 0 Å². The van der Waals surface area contributed by atoms with E-state index in [4.69, 9.17) is 5.26 Å². The van der Waals surface area contributed by atoms with Crippen LogP contribution in [0, 0.1) is 18.3 Å². The van der Waals surface area contributed by atoms with Crippen LogP contribution in [0.3, 0.4) is 0 Å². The quantitative estimate of drug-likeness (QED) is 0.669. The molecule has 0 aliphatic carbocycles. The molecule has 14 heavy (non-hydrogen) atoms. The molecule has 0 radical (unpaired) electrons. The molecule has 0 amide bonds. The highest BCUT2D eigenvalue weighted by molar-refractivity contribution is 5.86. The second-order valence-electron chi connectivity index (χ2n) is 3.57. The summed E-state index contributed by atoms with van der Waals surface area (Å²) in [6, 6.07) is 8.41. The zero-order valence-corrected chi connectivity index (χ0v) is 8.41. The molecule has 1 aromatic carbocycles. The molecule has 2 rings (SSSR count). The van der Waals surface area contributed by atoms with E-state index in [-0.39, 0.29) is 0 Å². The van der Waals surface area contributed by atoms with Crippen LogP contribution >= 0.6 is 0 Å². The smallest absolute Gasteiger partial charge is 0.0670 e. The van der Waals surface area contributed by atoms with Gasteiger partial charge in [0, 0.05) is 18.6 Å². The molecule has 0 fully saturated rings. The molecule has 2 aromatic rings. The number of para-hydroxylation sites is 1. The maximum Gasteiger partial charge on any atom is 0.0670 e. The van der Waals surface area contributed by atoms with Gasteiger partial charge in [-0.3, -0.25) is 0 Å². The Morgan fingerprint density at radius 1 is 1.43 bits per heavy atom. The number of hydrogen-bond donors (Lipinski definition) is 0. The third-order valence-electron chi connectivity index (χ3n) is 2.56. The standard InChI is InChI=1S/C12H12N2/c1-9-4-3-5-11-10(6-7-13)8-14(2)12(9)11/h3-5,8H,6H2,1-2H3. The van der Waals surface area contributed by atoms with Crippen molar-refractivity contribution in [2.75, 3.05) is 0 Å². The number of hydrogen-bond acceptors (Lipinski definition) is 1. The zero-order valence-electron chi connectivity index (χ0n) is 8.41. The van der Waals surface area contributed by atoms with Crippen molar-refractivity contribution in [2.24, 2.45) is 7.05 Å². The van der Waals surface area contributed by atoms with Crippen molar-refractivity contribution in [3.05, 3.63) is 35.5 Å². The molecular formula is C12H12N2. The van der Waals surface area contributed by atoms with E-state index in [9.17, 15) is 0 Å². The van der Waals surface area contributed by atoms with E-state index in [1.165, 1.54) is 16.5 Å². The van der Waals surface area contributed by atoms with Gasteiger partial charge in [0.05, 0.1) is 18.0 Å². The molecule has 0 bridgehead atoms. The molecule has 0 unspecified atom stereocenters. The molecule has 0 spiro atoms. The van der Waals surface area contributed by atoms with Crippen LogP contribution in [0.25, 0.3) is 10.9 Å². The Balaban J connectivity index is 2.79. The van der Waals surface area contributed by atoms with Gasteiger partial charge in [-0.15, -0.1) is 0 Å². The van der Waals surface area contributed by atoms with Gasteiger partial charge in [0.2, 0.25) is 0 Å². The Bertz CT molecular complexity index is 515. The summed E-state index contributed by atoms with van der Waals surface area (Å²) in [5.41, 5.74) is 3.61. The van der Waals surface area contributed by atoms with E-state index in [2.05, 4.69) is 29.7 Å². The van der Waals surface area contributed by atoms with Crippen molar-refractivity contribution >= 4 is 10.9 Å². The highest BCUT2D eigenvalue weighted by atomic mass is 14.9. The van der Waals surface area contributed by atoms with Gasteiger partial charge in [-0.1, -0.05) is 18.2 Å². The van der Waals surface area contributed by atoms with E-state index in [0.29, 0.717) is 6.42 Å². The Labute approximate surface area is 83.4 Å². The van der Waals surface area contributed by atoms with Gasteiger partial charge in [0.15, 0.2) is 0 Å². The predicted octanol–water partition coefficient (Wildman–Crippen LogP) is 2.55. The Kier molecular flexibility index (Phi) is 2.01. The van der Waals surface area contributed by atoms with Gasteiger partial charge in [-0.05, 0) is 18.1 Å². The van der Waals surface area contributed by atoms with Crippen LogP contribution in [0.4, 0.5) is 0 Å². The van der Waals surface area contributed by atoms with Crippen molar-refractivity contribution in [3.8, 4) is 6.07 Å². The second kappa shape index (κ2) is 3.19. The maximum atomic E-state index is 8.70. The molecule has 70 valence electrons. The van der Waals surface area contributed by atoms with Crippen molar-refractivity contribution in [1.29, 1.82) is 5.26 Å². The monoisotopic (exact) mass is 184 g/mol. The van der Waals surface area contributed by atoms with Crippen molar-refractivity contribution in [2.45, 2.75) is 13.3 Å². The minimum absolute atomic E-state index is 0.487. The number of aryl methyl sites for hydroxylation is 2. The Hall–Kier alpha value is -1.75. The van der Waals surface area contributed by atoms with Gasteiger partial charge in [-0.25, -0.2) is 0 Å². The third kappa shape index (κ3) is 1.18. The summed E-state index contributed by atoms with van der Waals surface area (Å²) in [5.74, 6) is 0. The fraction of sp³-hybridized carbons (Fsp3) is 0.250. The van der Waals surface area contributed by atoms with Crippen molar-refractivity contribution in [3.63, 3.8) is 0 Å². The maximum absolute atomic E-state index is 8.70. The van der Waals surface area contributed by atoms with Crippen LogP contribution < -0.4 is 0 Å². The average molecular weight is 184 g/mol. The zero-order chi connectivity index (χ0) is 10.1. The van der Waals surface area contributed by atoms with Crippen LogP contribution in [0.15, 0.2) is 24.4 Å². The minimum atomic E-state index is 0.487. The molecule has 0 aliphatic heterocycles. The van der Waals surface area contributed by atoms with Crippen LogP contribution in [0.5, 0.6) is 0 Å². The number of benzene rings is 1. The fourth-order valence-electron chi connectivity index (χ4n) is 1.98. The summed E-state index contributed by atoms with van der Waals surface area (Å²) in [5, 5.41) is 9.90. The largest absolute Gasteiger partial charge is 0.350 e. The second-order valence-corrected chi connectivity index (χ2v) is 3.57. The first-order chi connectivity index (χ1) is 6.74. The molecule has 2 nitrogen and oxygen atoms in total. The summed E-state index contributed by atoms with van der Waals surface area (Å²) in [6.45, 7) is 2.10. The normalized spacial score (nSPS) is 10.4. The lowest BCUT2D eigenvalue weighted by atomic mass is 10.1. The van der Waals surface area contributed by atoms with Gasteiger partial charge < -0.3 is 4.57 Å². The molecule has 1 heterocycles. The molecule has 0 N–H and O–H groups in total. The molecule has 0 aliphatic rings. The molecule has 0 saturated carbocycles. The van der Waals surface area contributed by atoms with Crippen LogP contribution in [0.1, 0.15) is 11.1 Å². The van der Waals surface area contributed by atoms with Gasteiger partial charge in [0.1, 0.15) is 0 Å². The lowest BCUT2D eigenvalue weighted by Crippen LogP contribution is -1.86. The van der Waals surface area contributed by atoms with Crippen molar-refractivity contribution in [1.82, 2.24) is 4.57 Å². The van der Waals surface area contributed by atoms with E-state index in [0.717, 1.165) is 5.56 Å². The summed E-state index contributed by atoms with van der Waals surface area (Å²) >= 11 is 0. The molecule has 1 aromatic heterocycles. The average Bonchev–Trinajstić information content (AvgIpc) is 2.46. The van der Waals surface area contributed by atoms with Crippen LogP contribution in [-0.4, -0.2) is 4.57 Å². The Morgan fingerprint density at radius 3 is 2.93 bits per heavy atom. The summed E-state index contributed by atoms with van der Waals surface area (Å²) in [7, 11) is 2.02. The highest BCUT2D eigenvalue weighted by Crippen LogP contribution is 2.23. The lowest BCUT2D eigenvalue weighted by Gasteiger charge is -1.99. The summed E-state index contributed by atoms with van der Waals surface area (Å²) in [4.78, 5) is 0. The number of fused-ring (bicyclic) bond motifs is 1. The number of aromatic nitrogens is 1. The van der Waals surface area contributed by atoms with E-state index < -0.39 is 0 Å². The van der Waals surface area contributed by atoms with Crippen LogP contribution in [-0.2, 0) is 13.5 Å². The lowest BCUT2D eigenvalue weighted by molar-refractivity contribution is 0.956. The SMILES string of the molecule is Cc1cccc2c(CC#N)cn(C)c12. The first-order valence-corrected chi connectivity index (χ1v) is 4.64. The third-order valence-corrected chi connectivity index (χ3v) is 2.56. The molecular weight excluding hydrogens is 172 g/mol. The number of rotatable bonds is 1.